The van der Waals surface area contributed by atoms with Gasteiger partial charge in [0.05, 0.1) is 12.2 Å². The number of carbonyl (C=O) groups excluding carboxylic acids is 1. The first kappa shape index (κ1) is 18.5. The van der Waals surface area contributed by atoms with Crippen LogP contribution >= 0.6 is 0 Å². The van der Waals surface area contributed by atoms with Crippen LogP contribution < -0.4 is 10.1 Å². The lowest BCUT2D eigenvalue weighted by Crippen LogP contribution is -2.14. The molecule has 0 bridgehead atoms. The summed E-state index contributed by atoms with van der Waals surface area (Å²) in [5.74, 6) is -0.608. The summed E-state index contributed by atoms with van der Waals surface area (Å²) in [5, 5.41) is 11.5. The number of benzene rings is 2. The number of aliphatic carboxylic acids is 1. The van der Waals surface area contributed by atoms with Crippen LogP contribution in [0.5, 0.6) is 5.75 Å². The molecule has 6 heteroatoms. The van der Waals surface area contributed by atoms with E-state index in [1.165, 1.54) is 0 Å². The number of methoxy groups -OCH3 is 1. The molecule has 0 heterocycles. The smallest absolute Gasteiger partial charge is 0.303 e. The van der Waals surface area contributed by atoms with E-state index in [9.17, 15) is 9.59 Å². The minimum absolute atomic E-state index is 0.0812. The zero-order valence-corrected chi connectivity index (χ0v) is 14.0. The van der Waals surface area contributed by atoms with E-state index >= 15 is 0 Å². The highest BCUT2D eigenvalue weighted by atomic mass is 16.5. The molecule has 0 spiro atoms. The number of carboxylic acids is 1. The first-order chi connectivity index (χ1) is 12.1. The van der Waals surface area contributed by atoms with Crippen LogP contribution in [-0.4, -0.2) is 37.3 Å². The molecule has 0 atom stereocenters. The van der Waals surface area contributed by atoms with Crippen molar-refractivity contribution in [2.45, 2.75) is 12.8 Å². The highest BCUT2D eigenvalue weighted by molar-refractivity contribution is 6.06. The van der Waals surface area contributed by atoms with Gasteiger partial charge in [-0.1, -0.05) is 24.3 Å². The second-order valence-electron chi connectivity index (χ2n) is 5.38. The molecule has 132 valence electrons. The molecular formula is C19H21NO5. The summed E-state index contributed by atoms with van der Waals surface area (Å²) in [6.07, 6.45) is 0.539. The second kappa shape index (κ2) is 9.44. The average molecular weight is 343 g/mol. The number of hydrogen-bond acceptors (Lipinski definition) is 4. The van der Waals surface area contributed by atoms with E-state index in [0.29, 0.717) is 36.6 Å². The van der Waals surface area contributed by atoms with Crippen molar-refractivity contribution in [2.24, 2.45) is 0 Å². The van der Waals surface area contributed by atoms with E-state index < -0.39 is 5.97 Å². The van der Waals surface area contributed by atoms with E-state index in [-0.39, 0.29) is 12.3 Å². The normalized spacial score (nSPS) is 10.3. The summed E-state index contributed by atoms with van der Waals surface area (Å²) in [6, 6.07) is 14.1. The van der Waals surface area contributed by atoms with Crippen molar-refractivity contribution in [3.8, 4) is 5.75 Å². The maximum absolute atomic E-state index is 12.5. The molecule has 0 aliphatic carbocycles. The third-order valence-corrected chi connectivity index (χ3v) is 3.52. The number of anilines is 1. The lowest BCUT2D eigenvalue weighted by atomic mass is 10.1. The van der Waals surface area contributed by atoms with Gasteiger partial charge in [0.25, 0.3) is 5.91 Å². The van der Waals surface area contributed by atoms with Crippen molar-refractivity contribution in [1.29, 1.82) is 0 Å². The molecule has 0 saturated heterocycles. The molecule has 2 aromatic rings. The van der Waals surface area contributed by atoms with Crippen LogP contribution in [0, 0.1) is 0 Å². The summed E-state index contributed by atoms with van der Waals surface area (Å²) in [7, 11) is 1.59. The standard InChI is InChI=1S/C19H21NO5/c1-24-12-13-25-17-5-3-2-4-16(17)19(23)20-15-9-6-14(7-10-15)8-11-18(21)22/h2-7,9-10H,8,11-13H2,1H3,(H,20,23)(H,21,22). The number of rotatable bonds is 9. The van der Waals surface area contributed by atoms with Gasteiger partial charge in [0, 0.05) is 19.2 Å². The summed E-state index contributed by atoms with van der Waals surface area (Å²) in [6.45, 7) is 0.798. The Balaban J connectivity index is 2.00. The second-order valence-corrected chi connectivity index (χ2v) is 5.38. The monoisotopic (exact) mass is 343 g/mol. The number of carbonyl (C=O) groups is 2. The van der Waals surface area contributed by atoms with Crippen molar-refractivity contribution in [3.05, 3.63) is 59.7 Å². The van der Waals surface area contributed by atoms with E-state index in [4.69, 9.17) is 14.6 Å². The number of ether oxygens (including phenoxy) is 2. The Bertz CT molecular complexity index is 712. The summed E-state index contributed by atoms with van der Waals surface area (Å²) in [4.78, 5) is 23.1. The van der Waals surface area contributed by atoms with E-state index in [1.54, 1.807) is 55.6 Å². The first-order valence-corrected chi connectivity index (χ1v) is 7.93. The summed E-state index contributed by atoms with van der Waals surface area (Å²) in [5.41, 5.74) is 1.98. The fraction of sp³-hybridized carbons (Fsp3) is 0.263. The van der Waals surface area contributed by atoms with Gasteiger partial charge in [-0.2, -0.15) is 0 Å². The molecule has 2 aromatic carbocycles. The number of amides is 1. The van der Waals surface area contributed by atoms with Gasteiger partial charge in [-0.25, -0.2) is 0 Å². The Labute approximate surface area is 146 Å². The molecule has 6 nitrogen and oxygen atoms in total. The van der Waals surface area contributed by atoms with Gasteiger partial charge >= 0.3 is 5.97 Å². The molecule has 25 heavy (non-hydrogen) atoms. The topological polar surface area (TPSA) is 84.9 Å². The van der Waals surface area contributed by atoms with Crippen LogP contribution in [0.3, 0.4) is 0 Å². The lowest BCUT2D eigenvalue weighted by Gasteiger charge is -2.11. The van der Waals surface area contributed by atoms with Gasteiger partial charge in [-0.05, 0) is 36.2 Å². The largest absolute Gasteiger partial charge is 0.490 e. The van der Waals surface area contributed by atoms with Gasteiger partial charge in [0.2, 0.25) is 0 Å². The minimum atomic E-state index is -0.831. The van der Waals surface area contributed by atoms with Crippen LogP contribution in [0.1, 0.15) is 22.3 Å². The minimum Gasteiger partial charge on any atom is -0.490 e. The van der Waals surface area contributed by atoms with Crippen LogP contribution in [0.15, 0.2) is 48.5 Å². The third-order valence-electron chi connectivity index (χ3n) is 3.52. The SMILES string of the molecule is COCCOc1ccccc1C(=O)Nc1ccc(CCC(=O)O)cc1. The van der Waals surface area contributed by atoms with Crippen molar-refractivity contribution >= 4 is 17.6 Å². The molecule has 2 N–H and O–H groups in total. The molecule has 0 saturated carbocycles. The molecule has 0 unspecified atom stereocenters. The van der Waals surface area contributed by atoms with Gasteiger partial charge in [0.15, 0.2) is 0 Å². The molecule has 0 fully saturated rings. The number of aryl methyl sites for hydroxylation is 1. The Morgan fingerprint density at radius 1 is 1.04 bits per heavy atom. The zero-order chi connectivity index (χ0) is 18.1. The van der Waals surface area contributed by atoms with Gasteiger partial charge < -0.3 is 19.9 Å². The fourth-order valence-corrected chi connectivity index (χ4v) is 2.22. The van der Waals surface area contributed by atoms with Crippen molar-refractivity contribution in [1.82, 2.24) is 0 Å². The highest BCUT2D eigenvalue weighted by Gasteiger charge is 2.12. The van der Waals surface area contributed by atoms with Gasteiger partial charge in [-0.15, -0.1) is 0 Å². The maximum Gasteiger partial charge on any atom is 0.303 e. The first-order valence-electron chi connectivity index (χ1n) is 7.93. The molecule has 0 aliphatic heterocycles. The number of nitrogens with one attached hydrogen (secondary N) is 1. The Kier molecular flexibility index (Phi) is 6.98. The van der Waals surface area contributed by atoms with Crippen LogP contribution in [0.25, 0.3) is 0 Å². The Morgan fingerprint density at radius 2 is 1.76 bits per heavy atom. The Hall–Kier alpha value is -2.86. The van der Waals surface area contributed by atoms with Gasteiger partial charge in [-0.3, -0.25) is 9.59 Å². The van der Waals surface area contributed by atoms with Crippen molar-refractivity contribution in [2.75, 3.05) is 25.6 Å². The van der Waals surface area contributed by atoms with Crippen LogP contribution in [-0.2, 0) is 16.0 Å². The van der Waals surface area contributed by atoms with E-state index in [2.05, 4.69) is 5.32 Å². The third kappa shape index (κ3) is 5.93. The zero-order valence-electron chi connectivity index (χ0n) is 14.0. The summed E-state index contributed by atoms with van der Waals surface area (Å²) >= 11 is 0. The predicted molar refractivity (Wildman–Crippen MR) is 94.2 cm³/mol. The van der Waals surface area contributed by atoms with Crippen LogP contribution in [0.2, 0.25) is 0 Å². The fourth-order valence-electron chi connectivity index (χ4n) is 2.22. The quantitative estimate of drug-likeness (QED) is 0.684. The average Bonchev–Trinajstić information content (AvgIpc) is 2.61. The molecule has 0 radical (unpaired) electrons. The number of para-hydroxylation sites is 1. The van der Waals surface area contributed by atoms with E-state index in [1.807, 2.05) is 0 Å². The molecular weight excluding hydrogens is 322 g/mol. The highest BCUT2D eigenvalue weighted by Crippen LogP contribution is 2.20. The van der Waals surface area contributed by atoms with Crippen molar-refractivity contribution in [3.63, 3.8) is 0 Å². The Morgan fingerprint density at radius 3 is 2.44 bits per heavy atom. The predicted octanol–water partition coefficient (Wildman–Crippen LogP) is 2.98. The molecule has 2 rings (SSSR count). The van der Waals surface area contributed by atoms with Crippen LogP contribution in [0.4, 0.5) is 5.69 Å². The molecule has 0 aliphatic rings. The lowest BCUT2D eigenvalue weighted by molar-refractivity contribution is -0.136. The van der Waals surface area contributed by atoms with Crippen molar-refractivity contribution < 1.29 is 24.2 Å². The number of carboxylic acid groups (broad SMARTS) is 1. The van der Waals surface area contributed by atoms with E-state index in [0.717, 1.165) is 5.56 Å². The molecule has 0 aromatic heterocycles. The molecule has 1 amide bonds. The number of hydrogen-bond donors (Lipinski definition) is 2. The van der Waals surface area contributed by atoms with Gasteiger partial charge in [0.1, 0.15) is 12.4 Å². The maximum atomic E-state index is 12.5. The summed E-state index contributed by atoms with van der Waals surface area (Å²) < 4.78 is 10.5.